The van der Waals surface area contributed by atoms with Crippen molar-refractivity contribution in [1.29, 1.82) is 0 Å². The Morgan fingerprint density at radius 2 is 1.84 bits per heavy atom. The van der Waals surface area contributed by atoms with Crippen molar-refractivity contribution in [3.05, 3.63) is 42.0 Å². The van der Waals surface area contributed by atoms with Crippen molar-refractivity contribution < 1.29 is 19.4 Å². The number of carboxylic acid groups (broad SMARTS) is 1. The molecule has 0 spiro atoms. The van der Waals surface area contributed by atoms with Crippen LogP contribution in [-0.4, -0.2) is 31.4 Å². The Balaban J connectivity index is 2.28. The van der Waals surface area contributed by atoms with E-state index >= 15 is 0 Å². The Kier molecular flexibility index (Phi) is 4.36. The van der Waals surface area contributed by atoms with Gasteiger partial charge in [0.1, 0.15) is 11.3 Å². The lowest BCUT2D eigenvalue weighted by Gasteiger charge is -2.10. The molecular formula is C15H16O4. The summed E-state index contributed by atoms with van der Waals surface area (Å²) in [6.45, 7) is 1.03. The molecule has 1 N–H and O–H groups in total. The molecule has 2 rings (SSSR count). The number of carbonyl (C=O) groups is 1. The maximum atomic E-state index is 11.2. The molecule has 0 aliphatic carbocycles. The number of hydrogen-bond acceptors (Lipinski definition) is 3. The smallest absolute Gasteiger partial charge is 0.339 e. The quantitative estimate of drug-likeness (QED) is 0.811. The second-order valence-corrected chi connectivity index (χ2v) is 4.20. The molecule has 0 amide bonds. The molecule has 100 valence electrons. The second-order valence-electron chi connectivity index (χ2n) is 4.20. The summed E-state index contributed by atoms with van der Waals surface area (Å²) in [6.07, 6.45) is 0.725. The Bertz CT molecular complexity index is 577. The van der Waals surface area contributed by atoms with Gasteiger partial charge in [-0.25, -0.2) is 4.79 Å². The lowest BCUT2D eigenvalue weighted by molar-refractivity contribution is 0.0692. The van der Waals surface area contributed by atoms with Crippen molar-refractivity contribution >= 4 is 16.7 Å². The number of hydrogen-bond donors (Lipinski definition) is 1. The van der Waals surface area contributed by atoms with Crippen molar-refractivity contribution in [2.75, 3.05) is 20.3 Å². The molecule has 0 saturated heterocycles. The van der Waals surface area contributed by atoms with E-state index < -0.39 is 5.97 Å². The number of fused-ring (bicyclic) bond motifs is 1. The molecule has 2 aromatic carbocycles. The normalized spacial score (nSPS) is 10.6. The van der Waals surface area contributed by atoms with Crippen molar-refractivity contribution in [3.8, 4) is 5.75 Å². The minimum atomic E-state index is -0.979. The number of carboxylic acids is 1. The molecule has 0 unspecified atom stereocenters. The molecule has 0 atom stereocenters. The molecule has 0 bridgehead atoms. The van der Waals surface area contributed by atoms with Gasteiger partial charge in [0.2, 0.25) is 0 Å². The van der Waals surface area contributed by atoms with Crippen LogP contribution in [0.1, 0.15) is 16.8 Å². The van der Waals surface area contributed by atoms with Crippen molar-refractivity contribution in [2.45, 2.75) is 6.42 Å². The summed E-state index contributed by atoms with van der Waals surface area (Å²) in [5.41, 5.74) is 0.191. The average Bonchev–Trinajstić information content (AvgIpc) is 2.42. The summed E-state index contributed by atoms with van der Waals surface area (Å²) in [5, 5.41) is 11.1. The molecule has 0 saturated carbocycles. The van der Waals surface area contributed by atoms with Crippen LogP contribution in [0.3, 0.4) is 0 Å². The molecule has 0 aliphatic heterocycles. The molecule has 0 fully saturated rings. The summed E-state index contributed by atoms with van der Waals surface area (Å²) in [6, 6.07) is 11.0. The maximum absolute atomic E-state index is 11.2. The van der Waals surface area contributed by atoms with E-state index in [0.29, 0.717) is 19.0 Å². The highest BCUT2D eigenvalue weighted by Crippen LogP contribution is 2.26. The molecule has 4 nitrogen and oxygen atoms in total. The number of aromatic carboxylic acids is 1. The van der Waals surface area contributed by atoms with Crippen molar-refractivity contribution in [2.24, 2.45) is 0 Å². The van der Waals surface area contributed by atoms with Gasteiger partial charge in [-0.2, -0.15) is 0 Å². The SMILES string of the molecule is COCCCOc1cc2ccccc2cc1C(=O)O. The van der Waals surface area contributed by atoms with Gasteiger partial charge in [-0.05, 0) is 22.9 Å². The van der Waals surface area contributed by atoms with Crippen LogP contribution in [0.15, 0.2) is 36.4 Å². The monoisotopic (exact) mass is 260 g/mol. The van der Waals surface area contributed by atoms with E-state index in [1.807, 2.05) is 24.3 Å². The highest BCUT2D eigenvalue weighted by atomic mass is 16.5. The minimum Gasteiger partial charge on any atom is -0.493 e. The molecular weight excluding hydrogens is 244 g/mol. The van der Waals surface area contributed by atoms with Crippen LogP contribution >= 0.6 is 0 Å². The van der Waals surface area contributed by atoms with Crippen LogP contribution in [-0.2, 0) is 4.74 Å². The zero-order valence-electron chi connectivity index (χ0n) is 10.8. The second kappa shape index (κ2) is 6.20. The van der Waals surface area contributed by atoms with Gasteiger partial charge in [0, 0.05) is 20.1 Å². The van der Waals surface area contributed by atoms with Crippen LogP contribution in [0.2, 0.25) is 0 Å². The zero-order valence-corrected chi connectivity index (χ0v) is 10.8. The van der Waals surface area contributed by atoms with Gasteiger partial charge in [-0.15, -0.1) is 0 Å². The number of rotatable bonds is 6. The van der Waals surface area contributed by atoms with Crippen molar-refractivity contribution in [3.63, 3.8) is 0 Å². The highest BCUT2D eigenvalue weighted by Gasteiger charge is 2.12. The first-order valence-electron chi connectivity index (χ1n) is 6.10. The standard InChI is InChI=1S/C15H16O4/c1-18-7-4-8-19-14-10-12-6-3-2-5-11(12)9-13(14)15(16)17/h2-3,5-6,9-10H,4,7-8H2,1H3,(H,16,17). The first kappa shape index (κ1) is 13.4. The van der Waals surface area contributed by atoms with Crippen LogP contribution in [0.25, 0.3) is 10.8 Å². The average molecular weight is 260 g/mol. The lowest BCUT2D eigenvalue weighted by Crippen LogP contribution is -2.06. The van der Waals surface area contributed by atoms with E-state index in [4.69, 9.17) is 9.47 Å². The fourth-order valence-electron chi connectivity index (χ4n) is 1.89. The summed E-state index contributed by atoms with van der Waals surface area (Å²) >= 11 is 0. The fraction of sp³-hybridized carbons (Fsp3) is 0.267. The Morgan fingerprint density at radius 1 is 1.16 bits per heavy atom. The Hall–Kier alpha value is -2.07. The van der Waals surface area contributed by atoms with Crippen LogP contribution in [0, 0.1) is 0 Å². The van der Waals surface area contributed by atoms with Gasteiger partial charge in [0.25, 0.3) is 0 Å². The minimum absolute atomic E-state index is 0.191. The fourth-order valence-corrected chi connectivity index (χ4v) is 1.89. The Labute approximate surface area is 111 Å². The summed E-state index contributed by atoms with van der Waals surface area (Å²) in [7, 11) is 1.62. The number of ether oxygens (including phenoxy) is 2. The molecule has 0 aromatic heterocycles. The largest absolute Gasteiger partial charge is 0.493 e. The maximum Gasteiger partial charge on any atom is 0.339 e. The predicted molar refractivity (Wildman–Crippen MR) is 72.9 cm³/mol. The predicted octanol–water partition coefficient (Wildman–Crippen LogP) is 2.95. The van der Waals surface area contributed by atoms with Gasteiger partial charge in [0.15, 0.2) is 0 Å². The van der Waals surface area contributed by atoms with Gasteiger partial charge in [0.05, 0.1) is 6.61 Å². The van der Waals surface area contributed by atoms with Gasteiger partial charge in [-0.3, -0.25) is 0 Å². The van der Waals surface area contributed by atoms with Gasteiger partial charge >= 0.3 is 5.97 Å². The molecule has 0 aliphatic rings. The third-order valence-corrected chi connectivity index (χ3v) is 2.83. The number of benzene rings is 2. The van der Waals surface area contributed by atoms with Crippen molar-refractivity contribution in [1.82, 2.24) is 0 Å². The van der Waals surface area contributed by atoms with E-state index in [2.05, 4.69) is 0 Å². The van der Waals surface area contributed by atoms with Crippen LogP contribution in [0.5, 0.6) is 5.75 Å². The lowest BCUT2D eigenvalue weighted by atomic mass is 10.1. The van der Waals surface area contributed by atoms with E-state index in [1.165, 1.54) is 0 Å². The summed E-state index contributed by atoms with van der Waals surface area (Å²) < 4.78 is 10.5. The molecule has 2 aromatic rings. The van der Waals surface area contributed by atoms with E-state index in [-0.39, 0.29) is 5.56 Å². The summed E-state index contributed by atoms with van der Waals surface area (Å²) in [5.74, 6) is -0.574. The van der Waals surface area contributed by atoms with Crippen LogP contribution in [0.4, 0.5) is 0 Å². The van der Waals surface area contributed by atoms with E-state index in [9.17, 15) is 9.90 Å². The van der Waals surface area contributed by atoms with Gasteiger partial charge in [-0.1, -0.05) is 24.3 Å². The molecule has 19 heavy (non-hydrogen) atoms. The highest BCUT2D eigenvalue weighted by molar-refractivity contribution is 5.97. The van der Waals surface area contributed by atoms with E-state index in [1.54, 1.807) is 19.2 Å². The number of methoxy groups -OCH3 is 1. The Morgan fingerprint density at radius 3 is 2.47 bits per heavy atom. The molecule has 0 radical (unpaired) electrons. The third-order valence-electron chi connectivity index (χ3n) is 2.83. The zero-order chi connectivity index (χ0) is 13.7. The first-order chi connectivity index (χ1) is 9.22. The van der Waals surface area contributed by atoms with Crippen LogP contribution < -0.4 is 4.74 Å². The summed E-state index contributed by atoms with van der Waals surface area (Å²) in [4.78, 5) is 11.2. The third kappa shape index (κ3) is 3.23. The molecule has 4 heteroatoms. The molecule has 0 heterocycles. The van der Waals surface area contributed by atoms with E-state index in [0.717, 1.165) is 17.2 Å². The van der Waals surface area contributed by atoms with Gasteiger partial charge < -0.3 is 14.6 Å². The topological polar surface area (TPSA) is 55.8 Å². The first-order valence-corrected chi connectivity index (χ1v) is 6.10.